The van der Waals surface area contributed by atoms with Gasteiger partial charge in [0.2, 0.25) is 0 Å². The van der Waals surface area contributed by atoms with Gasteiger partial charge in [-0.25, -0.2) is 8.78 Å². The van der Waals surface area contributed by atoms with E-state index in [0.717, 1.165) is 27.7 Å². The molecule has 0 saturated carbocycles. The van der Waals surface area contributed by atoms with Gasteiger partial charge in [-0.1, -0.05) is 22.0 Å². The molecule has 0 atom stereocenters. The molecule has 0 amide bonds. The minimum Gasteiger partial charge on any atom is -0.358 e. The maximum absolute atomic E-state index is 14.0. The molecule has 1 aliphatic heterocycles. The Morgan fingerprint density at radius 3 is 2.35 bits per heavy atom. The predicted molar refractivity (Wildman–Crippen MR) is 75.1 cm³/mol. The van der Waals surface area contributed by atoms with Gasteiger partial charge in [0.05, 0.1) is 11.6 Å². The number of rotatable bonds is 1. The van der Waals surface area contributed by atoms with Crippen molar-refractivity contribution in [3.05, 3.63) is 63.1 Å². The number of nitrogens with zero attached hydrogens (tertiary/aromatic N) is 2. The molecule has 2 nitrogen and oxygen atoms in total. The molecular formula is C15H9BrF2N2. The Bertz CT molecular complexity index is 714. The van der Waals surface area contributed by atoms with E-state index >= 15 is 0 Å². The summed E-state index contributed by atoms with van der Waals surface area (Å²) in [5.41, 5.74) is 2.01. The smallest absolute Gasteiger partial charge is 0.150 e. The van der Waals surface area contributed by atoms with Crippen LogP contribution in [0.3, 0.4) is 0 Å². The lowest BCUT2D eigenvalue weighted by molar-refractivity contribution is 0.572. The second kappa shape index (κ2) is 4.88. The monoisotopic (exact) mass is 334 g/mol. The van der Waals surface area contributed by atoms with Gasteiger partial charge in [0.25, 0.3) is 0 Å². The molecule has 0 N–H and O–H groups in total. The molecule has 2 aromatic carbocycles. The Balaban J connectivity index is 1.99. The van der Waals surface area contributed by atoms with Gasteiger partial charge in [-0.15, -0.1) is 0 Å². The zero-order valence-electron chi connectivity index (χ0n) is 10.3. The van der Waals surface area contributed by atoms with Crippen molar-refractivity contribution in [2.75, 3.05) is 4.90 Å². The molecule has 1 heterocycles. The Kier molecular flexibility index (Phi) is 3.19. The fraction of sp³-hybridized carbons (Fsp3) is 0.133. The molecule has 0 radical (unpaired) electrons. The van der Waals surface area contributed by atoms with E-state index in [-0.39, 0.29) is 11.3 Å². The molecule has 3 rings (SSSR count). The van der Waals surface area contributed by atoms with Gasteiger partial charge in [-0.2, -0.15) is 5.26 Å². The van der Waals surface area contributed by atoms with Crippen LogP contribution in [0, 0.1) is 23.0 Å². The average molecular weight is 335 g/mol. The fourth-order valence-electron chi connectivity index (χ4n) is 2.45. The highest BCUT2D eigenvalue weighted by atomic mass is 79.9. The van der Waals surface area contributed by atoms with E-state index in [1.165, 1.54) is 0 Å². The topological polar surface area (TPSA) is 27.0 Å². The molecule has 0 aromatic heterocycles. The second-order valence-corrected chi connectivity index (χ2v) is 5.59. The van der Waals surface area contributed by atoms with Crippen LogP contribution in [0.5, 0.6) is 0 Å². The number of benzene rings is 2. The average Bonchev–Trinajstić information content (AvgIpc) is 2.80. The largest absolute Gasteiger partial charge is 0.358 e. The van der Waals surface area contributed by atoms with Crippen LogP contribution in [0.25, 0.3) is 0 Å². The standard InChI is InChI=1S/C15H9BrF2N2/c16-12-2-1-10-7-20(8-11(10)5-12)15-13(17)3-9(6-19)4-14(15)18/h1-5H,7-8H2. The number of halogens is 3. The van der Waals surface area contributed by atoms with E-state index in [4.69, 9.17) is 5.26 Å². The molecule has 2 aromatic rings. The third-order valence-corrected chi connectivity index (χ3v) is 3.85. The van der Waals surface area contributed by atoms with Crippen LogP contribution in [-0.4, -0.2) is 0 Å². The molecule has 0 fully saturated rings. The van der Waals surface area contributed by atoms with Crippen molar-refractivity contribution in [3.8, 4) is 6.07 Å². The highest BCUT2D eigenvalue weighted by Gasteiger charge is 2.24. The molecule has 5 heteroatoms. The molecule has 0 aliphatic carbocycles. The third-order valence-electron chi connectivity index (χ3n) is 3.35. The zero-order chi connectivity index (χ0) is 14.3. The van der Waals surface area contributed by atoms with Crippen LogP contribution in [0.1, 0.15) is 16.7 Å². The molecular weight excluding hydrogens is 326 g/mol. The van der Waals surface area contributed by atoms with Gasteiger partial charge < -0.3 is 4.90 Å². The van der Waals surface area contributed by atoms with Gasteiger partial charge in [0.1, 0.15) is 5.69 Å². The molecule has 1 aliphatic rings. The van der Waals surface area contributed by atoms with Crippen LogP contribution in [0.15, 0.2) is 34.8 Å². The van der Waals surface area contributed by atoms with E-state index in [1.54, 1.807) is 11.0 Å². The van der Waals surface area contributed by atoms with E-state index in [1.807, 2.05) is 18.2 Å². The first-order valence-electron chi connectivity index (χ1n) is 6.00. The Morgan fingerprint density at radius 1 is 1.05 bits per heavy atom. The van der Waals surface area contributed by atoms with E-state index in [0.29, 0.717) is 13.1 Å². The number of nitriles is 1. The molecule has 0 bridgehead atoms. The van der Waals surface area contributed by atoms with E-state index in [9.17, 15) is 8.78 Å². The van der Waals surface area contributed by atoms with Crippen molar-refractivity contribution >= 4 is 21.6 Å². The van der Waals surface area contributed by atoms with Crippen LogP contribution in [0.2, 0.25) is 0 Å². The Morgan fingerprint density at radius 2 is 1.70 bits per heavy atom. The lowest BCUT2D eigenvalue weighted by Crippen LogP contribution is -2.17. The van der Waals surface area contributed by atoms with Crippen molar-refractivity contribution in [2.24, 2.45) is 0 Å². The van der Waals surface area contributed by atoms with Crippen molar-refractivity contribution in [2.45, 2.75) is 13.1 Å². The molecule has 100 valence electrons. The van der Waals surface area contributed by atoms with Gasteiger partial charge in [0, 0.05) is 17.6 Å². The summed E-state index contributed by atoms with van der Waals surface area (Å²) in [6, 6.07) is 9.69. The lowest BCUT2D eigenvalue weighted by atomic mass is 10.1. The summed E-state index contributed by atoms with van der Waals surface area (Å²) in [7, 11) is 0. The van der Waals surface area contributed by atoms with Crippen molar-refractivity contribution in [3.63, 3.8) is 0 Å². The zero-order valence-corrected chi connectivity index (χ0v) is 11.9. The first kappa shape index (κ1) is 13.1. The third kappa shape index (κ3) is 2.16. The van der Waals surface area contributed by atoms with Crippen molar-refractivity contribution in [1.29, 1.82) is 5.26 Å². The summed E-state index contributed by atoms with van der Waals surface area (Å²) in [6.07, 6.45) is 0. The van der Waals surface area contributed by atoms with Crippen LogP contribution < -0.4 is 4.90 Å². The maximum Gasteiger partial charge on any atom is 0.150 e. The van der Waals surface area contributed by atoms with Crippen LogP contribution in [0.4, 0.5) is 14.5 Å². The fourth-order valence-corrected chi connectivity index (χ4v) is 2.86. The first-order chi connectivity index (χ1) is 9.58. The molecule has 0 unspecified atom stereocenters. The van der Waals surface area contributed by atoms with E-state index in [2.05, 4.69) is 15.9 Å². The van der Waals surface area contributed by atoms with Gasteiger partial charge in [-0.05, 0) is 35.4 Å². The number of fused-ring (bicyclic) bond motifs is 1. The van der Waals surface area contributed by atoms with E-state index < -0.39 is 11.6 Å². The lowest BCUT2D eigenvalue weighted by Gasteiger charge is -2.19. The Labute approximate surface area is 123 Å². The predicted octanol–water partition coefficient (Wildman–Crippen LogP) is 4.12. The quantitative estimate of drug-likeness (QED) is 0.784. The number of hydrogen-bond donors (Lipinski definition) is 0. The van der Waals surface area contributed by atoms with Crippen LogP contribution in [-0.2, 0) is 13.1 Å². The second-order valence-electron chi connectivity index (χ2n) is 4.67. The van der Waals surface area contributed by atoms with Gasteiger partial charge >= 0.3 is 0 Å². The van der Waals surface area contributed by atoms with Crippen molar-refractivity contribution in [1.82, 2.24) is 0 Å². The normalized spacial score (nSPS) is 13.2. The summed E-state index contributed by atoms with van der Waals surface area (Å²) < 4.78 is 29.0. The summed E-state index contributed by atoms with van der Waals surface area (Å²) >= 11 is 3.39. The van der Waals surface area contributed by atoms with Gasteiger partial charge in [-0.3, -0.25) is 0 Å². The van der Waals surface area contributed by atoms with Crippen LogP contribution >= 0.6 is 15.9 Å². The summed E-state index contributed by atoms with van der Waals surface area (Å²) in [5.74, 6) is -1.40. The minimum absolute atomic E-state index is 0.0109. The number of hydrogen-bond acceptors (Lipinski definition) is 2. The maximum atomic E-state index is 14.0. The molecule has 0 saturated heterocycles. The SMILES string of the molecule is N#Cc1cc(F)c(N2Cc3ccc(Br)cc3C2)c(F)c1. The number of anilines is 1. The minimum atomic E-state index is -0.701. The van der Waals surface area contributed by atoms with Gasteiger partial charge in [0.15, 0.2) is 11.6 Å². The summed E-state index contributed by atoms with van der Waals surface area (Å²) in [5, 5.41) is 8.71. The molecule has 0 spiro atoms. The highest BCUT2D eigenvalue weighted by molar-refractivity contribution is 9.10. The molecule has 20 heavy (non-hydrogen) atoms. The van der Waals surface area contributed by atoms with Crippen molar-refractivity contribution < 1.29 is 8.78 Å². The Hall–Kier alpha value is -1.93. The summed E-state index contributed by atoms with van der Waals surface area (Å²) in [6.45, 7) is 0.914. The summed E-state index contributed by atoms with van der Waals surface area (Å²) in [4.78, 5) is 1.64. The first-order valence-corrected chi connectivity index (χ1v) is 6.79. The highest BCUT2D eigenvalue weighted by Crippen LogP contribution is 2.33.